The molecule has 0 aromatic carbocycles. The Morgan fingerprint density at radius 3 is 2.55 bits per heavy atom. The van der Waals surface area contributed by atoms with Crippen molar-refractivity contribution in [3.8, 4) is 0 Å². The molecule has 0 aromatic heterocycles. The van der Waals surface area contributed by atoms with Crippen LogP contribution >= 0.6 is 24.0 Å². The summed E-state index contributed by atoms with van der Waals surface area (Å²) >= 11 is 6.56. The van der Waals surface area contributed by atoms with E-state index in [2.05, 4.69) is 12.0 Å². The van der Waals surface area contributed by atoms with Gasteiger partial charge in [-0.05, 0) is 19.6 Å². The molecule has 0 aliphatic heterocycles. The highest BCUT2D eigenvalue weighted by Gasteiger charge is 1.99. The highest BCUT2D eigenvalue weighted by molar-refractivity contribution is 8.22. The molecule has 0 aliphatic rings. The zero-order valence-corrected chi connectivity index (χ0v) is 9.05. The number of hydrogen-bond donors (Lipinski definition) is 0. The molecule has 0 radical (unpaired) electrons. The molecule has 0 heterocycles. The summed E-state index contributed by atoms with van der Waals surface area (Å²) < 4.78 is 0.804. The third-order valence-electron chi connectivity index (χ3n) is 1.27. The van der Waals surface area contributed by atoms with Gasteiger partial charge in [-0.25, -0.2) is 0 Å². The van der Waals surface area contributed by atoms with Gasteiger partial charge in [0, 0.05) is 12.8 Å². The van der Waals surface area contributed by atoms with Crippen LogP contribution in [0.4, 0.5) is 0 Å². The van der Waals surface area contributed by atoms with Gasteiger partial charge in [0.2, 0.25) is 0 Å². The number of thiocarbonyl (C=S) groups is 1. The number of hydrazone groups is 1. The summed E-state index contributed by atoms with van der Waals surface area (Å²) in [4.78, 5) is 0. The summed E-state index contributed by atoms with van der Waals surface area (Å²) in [6, 6.07) is 0. The van der Waals surface area contributed by atoms with E-state index in [9.17, 15) is 0 Å². The predicted octanol–water partition coefficient (Wildman–Crippen LogP) is 2.35. The molecule has 0 aromatic rings. The van der Waals surface area contributed by atoms with Gasteiger partial charge < -0.3 is 0 Å². The van der Waals surface area contributed by atoms with Crippen LogP contribution in [0.25, 0.3) is 0 Å². The minimum Gasteiger partial charge on any atom is -0.252 e. The first kappa shape index (κ1) is 10.9. The minimum atomic E-state index is 0.804. The lowest BCUT2D eigenvalue weighted by Gasteiger charge is -2.12. The number of thioether (sulfide) groups is 1. The first-order chi connectivity index (χ1) is 5.11. The van der Waals surface area contributed by atoms with Gasteiger partial charge in [-0.2, -0.15) is 5.10 Å². The van der Waals surface area contributed by atoms with E-state index >= 15 is 0 Å². The first-order valence-corrected chi connectivity index (χ1v) is 5.10. The van der Waals surface area contributed by atoms with Gasteiger partial charge in [0.05, 0.1) is 0 Å². The van der Waals surface area contributed by atoms with Gasteiger partial charge in [-0.1, -0.05) is 30.9 Å². The van der Waals surface area contributed by atoms with Crippen molar-refractivity contribution in [1.29, 1.82) is 0 Å². The van der Waals surface area contributed by atoms with Crippen molar-refractivity contribution in [2.75, 3.05) is 13.3 Å². The van der Waals surface area contributed by atoms with Crippen LogP contribution in [0.2, 0.25) is 0 Å². The average molecular weight is 190 g/mol. The Balaban J connectivity index is 4.04. The summed E-state index contributed by atoms with van der Waals surface area (Å²) in [5.41, 5.74) is 1.10. The highest BCUT2D eigenvalue weighted by Crippen LogP contribution is 2.03. The Hall–Kier alpha value is -0.0900. The Labute approximate surface area is 78.0 Å². The molecule has 0 unspecified atom stereocenters. The van der Waals surface area contributed by atoms with Gasteiger partial charge in [-0.3, -0.25) is 5.01 Å². The van der Waals surface area contributed by atoms with E-state index < -0.39 is 0 Å². The van der Waals surface area contributed by atoms with Crippen molar-refractivity contribution in [2.24, 2.45) is 5.10 Å². The Morgan fingerprint density at radius 2 is 2.18 bits per heavy atom. The van der Waals surface area contributed by atoms with Crippen LogP contribution in [-0.4, -0.2) is 28.3 Å². The molecule has 0 saturated heterocycles. The van der Waals surface area contributed by atoms with Gasteiger partial charge in [0.1, 0.15) is 0 Å². The third-order valence-corrected chi connectivity index (χ3v) is 2.65. The monoisotopic (exact) mass is 190 g/mol. The maximum absolute atomic E-state index is 5.03. The van der Waals surface area contributed by atoms with E-state index in [0.717, 1.165) is 16.5 Å². The van der Waals surface area contributed by atoms with Crippen LogP contribution in [-0.2, 0) is 0 Å². The third kappa shape index (κ3) is 4.37. The molecule has 64 valence electrons. The molecule has 0 saturated carbocycles. The SMILES string of the molecule is CC/C(C)=N\N(C)C(=S)SC. The summed E-state index contributed by atoms with van der Waals surface area (Å²) in [5.74, 6) is 0. The summed E-state index contributed by atoms with van der Waals surface area (Å²) in [5, 5.41) is 5.99. The molecular formula is C7H14N2S2. The molecule has 0 rings (SSSR count). The van der Waals surface area contributed by atoms with E-state index in [0.29, 0.717) is 0 Å². The maximum Gasteiger partial charge on any atom is 0.156 e. The quantitative estimate of drug-likeness (QED) is 0.377. The molecule has 11 heavy (non-hydrogen) atoms. The largest absolute Gasteiger partial charge is 0.252 e. The normalized spacial score (nSPS) is 11.5. The molecule has 0 fully saturated rings. The fourth-order valence-electron chi connectivity index (χ4n) is 0.500. The molecule has 0 spiro atoms. The van der Waals surface area contributed by atoms with Crippen LogP contribution in [0.15, 0.2) is 5.10 Å². The number of hydrogen-bond acceptors (Lipinski definition) is 3. The smallest absolute Gasteiger partial charge is 0.156 e. The van der Waals surface area contributed by atoms with Crippen molar-refractivity contribution < 1.29 is 0 Å². The average Bonchev–Trinajstić information content (AvgIpc) is 2.02. The Bertz CT molecular complexity index is 166. The number of rotatable bonds is 2. The molecular weight excluding hydrogens is 176 g/mol. The Morgan fingerprint density at radius 1 is 1.64 bits per heavy atom. The molecule has 0 aliphatic carbocycles. The van der Waals surface area contributed by atoms with Crippen LogP contribution in [0.1, 0.15) is 20.3 Å². The van der Waals surface area contributed by atoms with Crippen molar-refractivity contribution in [2.45, 2.75) is 20.3 Å². The Kier molecular flexibility index (Phi) is 5.50. The van der Waals surface area contributed by atoms with Crippen LogP contribution < -0.4 is 0 Å². The van der Waals surface area contributed by atoms with Gasteiger partial charge in [-0.15, -0.1) is 0 Å². The molecule has 4 heteroatoms. The maximum atomic E-state index is 5.03. The van der Waals surface area contributed by atoms with Crippen molar-refractivity contribution in [1.82, 2.24) is 5.01 Å². The van der Waals surface area contributed by atoms with Crippen molar-refractivity contribution >= 4 is 34.0 Å². The van der Waals surface area contributed by atoms with E-state index in [1.54, 1.807) is 5.01 Å². The van der Waals surface area contributed by atoms with Crippen LogP contribution in [0.3, 0.4) is 0 Å². The van der Waals surface area contributed by atoms with E-state index in [-0.39, 0.29) is 0 Å². The zero-order valence-electron chi connectivity index (χ0n) is 7.42. The van der Waals surface area contributed by atoms with Crippen molar-refractivity contribution in [3.05, 3.63) is 0 Å². The van der Waals surface area contributed by atoms with Crippen LogP contribution in [0.5, 0.6) is 0 Å². The van der Waals surface area contributed by atoms with Crippen molar-refractivity contribution in [3.63, 3.8) is 0 Å². The lowest BCUT2D eigenvalue weighted by atomic mass is 10.3. The predicted molar refractivity (Wildman–Crippen MR) is 57.3 cm³/mol. The second-order valence-corrected chi connectivity index (χ2v) is 3.62. The summed E-state index contributed by atoms with van der Waals surface area (Å²) in [6.45, 7) is 4.08. The summed E-state index contributed by atoms with van der Waals surface area (Å²) in [6.07, 6.45) is 2.93. The van der Waals surface area contributed by atoms with E-state index in [1.807, 2.05) is 20.2 Å². The molecule has 2 nitrogen and oxygen atoms in total. The van der Waals surface area contributed by atoms with Gasteiger partial charge >= 0.3 is 0 Å². The molecule has 0 bridgehead atoms. The number of nitrogens with zero attached hydrogens (tertiary/aromatic N) is 2. The molecule has 0 atom stereocenters. The van der Waals surface area contributed by atoms with E-state index in [1.165, 1.54) is 11.8 Å². The van der Waals surface area contributed by atoms with Gasteiger partial charge in [0.25, 0.3) is 0 Å². The molecule has 0 amide bonds. The van der Waals surface area contributed by atoms with Crippen LogP contribution in [0, 0.1) is 0 Å². The lowest BCUT2D eigenvalue weighted by molar-refractivity contribution is 0.562. The standard InChI is InChI=1S/C7H14N2S2/c1-5-6(2)8-9(3)7(10)11-4/h5H2,1-4H3/b8-6-. The first-order valence-electron chi connectivity index (χ1n) is 3.47. The lowest BCUT2D eigenvalue weighted by Crippen LogP contribution is -2.16. The fraction of sp³-hybridized carbons (Fsp3) is 0.714. The zero-order chi connectivity index (χ0) is 8.85. The summed E-state index contributed by atoms with van der Waals surface area (Å²) in [7, 11) is 1.87. The second kappa shape index (κ2) is 5.55. The van der Waals surface area contributed by atoms with E-state index in [4.69, 9.17) is 12.2 Å². The molecule has 0 N–H and O–H groups in total. The second-order valence-electron chi connectivity index (χ2n) is 2.18. The highest BCUT2D eigenvalue weighted by atomic mass is 32.2. The topological polar surface area (TPSA) is 15.6 Å². The minimum absolute atomic E-state index is 0.804. The van der Waals surface area contributed by atoms with Gasteiger partial charge in [0.15, 0.2) is 4.32 Å². The fourth-order valence-corrected chi connectivity index (χ4v) is 0.846.